The molecule has 1 N–H and O–H groups in total. The second-order valence-corrected chi connectivity index (χ2v) is 2.48. The molecule has 0 spiro atoms. The Morgan fingerprint density at radius 2 is 2.38 bits per heavy atom. The molecule has 74 valence electrons. The van der Waals surface area contributed by atoms with Crippen molar-refractivity contribution >= 4 is 0 Å². The molecular formula is C8H14N2O3. The molecular weight excluding hydrogens is 172 g/mol. The molecule has 0 aliphatic carbocycles. The molecule has 1 heterocycles. The number of oxazole rings is 1. The van der Waals surface area contributed by atoms with E-state index in [4.69, 9.17) is 13.9 Å². The van der Waals surface area contributed by atoms with Gasteiger partial charge in [-0.25, -0.2) is 0 Å². The van der Waals surface area contributed by atoms with Crippen molar-refractivity contribution in [2.75, 3.05) is 27.4 Å². The van der Waals surface area contributed by atoms with Crippen molar-refractivity contribution in [3.63, 3.8) is 0 Å². The van der Waals surface area contributed by atoms with Crippen LogP contribution < -0.4 is 10.1 Å². The highest BCUT2D eigenvalue weighted by Gasteiger charge is 2.02. The summed E-state index contributed by atoms with van der Waals surface area (Å²) in [5.41, 5.74) is 0.829. The van der Waals surface area contributed by atoms with Crippen LogP contribution in [-0.2, 0) is 11.3 Å². The average molecular weight is 186 g/mol. The Balaban J connectivity index is 2.31. The van der Waals surface area contributed by atoms with Gasteiger partial charge in [-0.3, -0.25) is 0 Å². The van der Waals surface area contributed by atoms with E-state index in [-0.39, 0.29) is 0 Å². The highest BCUT2D eigenvalue weighted by Crippen LogP contribution is 2.09. The summed E-state index contributed by atoms with van der Waals surface area (Å²) in [6, 6.07) is 0. The van der Waals surface area contributed by atoms with E-state index in [0.29, 0.717) is 25.8 Å². The van der Waals surface area contributed by atoms with E-state index in [1.807, 2.05) is 7.05 Å². The zero-order valence-corrected chi connectivity index (χ0v) is 7.87. The van der Waals surface area contributed by atoms with Crippen LogP contribution in [0.3, 0.4) is 0 Å². The van der Waals surface area contributed by atoms with Gasteiger partial charge in [0.25, 0.3) is 0 Å². The minimum Gasteiger partial charge on any atom is -0.448 e. The highest BCUT2D eigenvalue weighted by atomic mass is 16.6. The van der Waals surface area contributed by atoms with E-state index >= 15 is 0 Å². The first-order chi connectivity index (χ1) is 6.36. The number of rotatable bonds is 6. The zero-order chi connectivity index (χ0) is 9.52. The molecule has 13 heavy (non-hydrogen) atoms. The minimum absolute atomic E-state index is 0.294. The molecule has 0 aromatic carbocycles. The Morgan fingerprint density at radius 1 is 1.54 bits per heavy atom. The van der Waals surface area contributed by atoms with E-state index < -0.39 is 0 Å². The maximum absolute atomic E-state index is 5.14. The molecule has 5 nitrogen and oxygen atoms in total. The third-order valence-electron chi connectivity index (χ3n) is 1.40. The van der Waals surface area contributed by atoms with Crippen molar-refractivity contribution in [1.29, 1.82) is 0 Å². The van der Waals surface area contributed by atoms with Crippen LogP contribution in [0, 0.1) is 0 Å². The number of hydrogen-bond acceptors (Lipinski definition) is 5. The lowest BCUT2D eigenvalue weighted by Crippen LogP contribution is -2.06. The average Bonchev–Trinajstić information content (AvgIpc) is 2.54. The monoisotopic (exact) mass is 186 g/mol. The lowest BCUT2D eigenvalue weighted by Gasteiger charge is -1.98. The molecule has 1 aromatic rings. The standard InChI is InChI=1S/C8H14N2O3/c1-9-5-7-6-13-8(10-7)12-4-3-11-2/h6,9H,3-5H2,1-2H3. The summed E-state index contributed by atoms with van der Waals surface area (Å²) in [5.74, 6) is 0. The number of nitrogens with one attached hydrogen (secondary N) is 1. The largest absolute Gasteiger partial charge is 0.448 e. The predicted octanol–water partition coefficient (Wildman–Crippen LogP) is 0.419. The Bertz CT molecular complexity index is 237. The number of nitrogens with zero attached hydrogens (tertiary/aromatic N) is 1. The highest BCUT2D eigenvalue weighted by molar-refractivity contribution is 4.99. The van der Waals surface area contributed by atoms with Gasteiger partial charge in [0, 0.05) is 13.7 Å². The van der Waals surface area contributed by atoms with Gasteiger partial charge in [0.2, 0.25) is 0 Å². The number of aromatic nitrogens is 1. The van der Waals surface area contributed by atoms with Crippen LogP contribution in [0.15, 0.2) is 10.7 Å². The summed E-state index contributed by atoms with van der Waals surface area (Å²) in [6.07, 6.45) is 1.86. The van der Waals surface area contributed by atoms with E-state index in [0.717, 1.165) is 5.69 Å². The molecule has 0 aliphatic rings. The lowest BCUT2D eigenvalue weighted by atomic mass is 10.5. The van der Waals surface area contributed by atoms with Crippen LogP contribution in [0.1, 0.15) is 5.69 Å². The fourth-order valence-electron chi connectivity index (χ4n) is 0.829. The quantitative estimate of drug-likeness (QED) is 0.652. The molecule has 5 heteroatoms. The van der Waals surface area contributed by atoms with Gasteiger partial charge in [0.1, 0.15) is 12.9 Å². The number of ether oxygens (including phenoxy) is 2. The Hall–Kier alpha value is -1.07. The summed E-state index contributed by atoms with van der Waals surface area (Å²) in [4.78, 5) is 4.06. The second-order valence-electron chi connectivity index (χ2n) is 2.48. The van der Waals surface area contributed by atoms with Crippen LogP contribution in [0.4, 0.5) is 0 Å². The van der Waals surface area contributed by atoms with Crippen LogP contribution in [0.25, 0.3) is 0 Å². The molecule has 0 aliphatic heterocycles. The smallest absolute Gasteiger partial charge is 0.393 e. The summed E-state index contributed by atoms with van der Waals surface area (Å²) < 4.78 is 15.0. The molecule has 0 fully saturated rings. The molecule has 1 aromatic heterocycles. The maximum Gasteiger partial charge on any atom is 0.393 e. The van der Waals surface area contributed by atoms with E-state index in [1.54, 1.807) is 13.4 Å². The van der Waals surface area contributed by atoms with Gasteiger partial charge in [-0.1, -0.05) is 0 Å². The molecule has 0 saturated carbocycles. The van der Waals surface area contributed by atoms with Gasteiger partial charge in [-0.2, -0.15) is 4.98 Å². The zero-order valence-electron chi connectivity index (χ0n) is 7.87. The third kappa shape index (κ3) is 3.43. The summed E-state index contributed by atoms with van der Waals surface area (Å²) >= 11 is 0. The number of hydrogen-bond donors (Lipinski definition) is 1. The van der Waals surface area contributed by atoms with E-state index in [1.165, 1.54) is 0 Å². The topological polar surface area (TPSA) is 56.5 Å². The third-order valence-corrected chi connectivity index (χ3v) is 1.40. The first-order valence-electron chi connectivity index (χ1n) is 4.07. The van der Waals surface area contributed by atoms with Crippen molar-refractivity contribution in [1.82, 2.24) is 10.3 Å². The van der Waals surface area contributed by atoms with E-state index in [2.05, 4.69) is 10.3 Å². The predicted molar refractivity (Wildman–Crippen MR) is 46.6 cm³/mol. The fourth-order valence-corrected chi connectivity index (χ4v) is 0.829. The van der Waals surface area contributed by atoms with Gasteiger partial charge in [-0.05, 0) is 7.05 Å². The van der Waals surface area contributed by atoms with Gasteiger partial charge in [0.05, 0.1) is 12.3 Å². The van der Waals surface area contributed by atoms with Crippen LogP contribution in [0.2, 0.25) is 0 Å². The van der Waals surface area contributed by atoms with Gasteiger partial charge >= 0.3 is 6.08 Å². The van der Waals surface area contributed by atoms with Crippen molar-refractivity contribution in [2.24, 2.45) is 0 Å². The summed E-state index contributed by atoms with van der Waals surface area (Å²) in [5, 5.41) is 2.96. The van der Waals surface area contributed by atoms with Crippen molar-refractivity contribution in [2.45, 2.75) is 6.54 Å². The summed E-state index contributed by atoms with van der Waals surface area (Å²) in [6.45, 7) is 1.66. The molecule has 0 bridgehead atoms. The second kappa shape index (κ2) is 5.55. The normalized spacial score (nSPS) is 10.3. The Kier molecular flexibility index (Phi) is 4.28. The molecule has 0 saturated heterocycles. The van der Waals surface area contributed by atoms with Gasteiger partial charge in [-0.15, -0.1) is 0 Å². The molecule has 0 atom stereocenters. The Morgan fingerprint density at radius 3 is 3.08 bits per heavy atom. The van der Waals surface area contributed by atoms with Crippen LogP contribution in [-0.4, -0.2) is 32.4 Å². The molecule has 1 rings (SSSR count). The number of methoxy groups -OCH3 is 1. The van der Waals surface area contributed by atoms with E-state index in [9.17, 15) is 0 Å². The molecule has 0 unspecified atom stereocenters. The first kappa shape index (κ1) is 10.0. The summed E-state index contributed by atoms with van der Waals surface area (Å²) in [7, 11) is 3.46. The van der Waals surface area contributed by atoms with Crippen molar-refractivity contribution < 1.29 is 13.9 Å². The minimum atomic E-state index is 0.294. The maximum atomic E-state index is 5.14. The van der Waals surface area contributed by atoms with Crippen LogP contribution >= 0.6 is 0 Å². The van der Waals surface area contributed by atoms with Crippen molar-refractivity contribution in [3.05, 3.63) is 12.0 Å². The van der Waals surface area contributed by atoms with Crippen LogP contribution in [0.5, 0.6) is 6.08 Å². The Labute approximate surface area is 77.0 Å². The molecule has 0 amide bonds. The first-order valence-corrected chi connectivity index (χ1v) is 4.07. The molecule has 0 radical (unpaired) electrons. The fraction of sp³-hybridized carbons (Fsp3) is 0.625. The van der Waals surface area contributed by atoms with Gasteiger partial charge < -0.3 is 19.2 Å². The van der Waals surface area contributed by atoms with Gasteiger partial charge in [0.15, 0.2) is 0 Å². The van der Waals surface area contributed by atoms with Crippen molar-refractivity contribution in [3.8, 4) is 6.08 Å². The SMILES string of the molecule is CNCc1coc(OCCOC)n1. The lowest BCUT2D eigenvalue weighted by molar-refractivity contribution is 0.126.